The minimum atomic E-state index is -4.45. The average Bonchev–Trinajstić information content (AvgIpc) is 2.65. The molecule has 1 aromatic heterocycles. The van der Waals surface area contributed by atoms with Crippen molar-refractivity contribution in [2.24, 2.45) is 0 Å². The highest BCUT2D eigenvalue weighted by molar-refractivity contribution is 9.10. The second-order valence-electron chi connectivity index (χ2n) is 6.05. The van der Waals surface area contributed by atoms with Crippen molar-refractivity contribution < 1.29 is 26.0 Å². The molecule has 1 heterocycles. The molecule has 3 rings (SSSR count). The van der Waals surface area contributed by atoms with E-state index in [4.69, 9.17) is 9.15 Å². The van der Waals surface area contributed by atoms with E-state index in [2.05, 4.69) is 15.9 Å². The van der Waals surface area contributed by atoms with Gasteiger partial charge in [-0.05, 0) is 48.0 Å². The maximum absolute atomic E-state index is 12.6. The normalized spacial score (nSPS) is 12.5. The topological polar surface area (TPSA) is 108 Å². The summed E-state index contributed by atoms with van der Waals surface area (Å²) in [5.41, 5.74) is -0.379. The highest BCUT2D eigenvalue weighted by Crippen LogP contribution is 2.22. The smallest absolute Gasteiger partial charge is 0.355 e. The fraction of sp³-hybridized carbons (Fsp3) is 0.105. The third-order valence-corrected chi connectivity index (χ3v) is 8.45. The van der Waals surface area contributed by atoms with Crippen molar-refractivity contribution in [3.05, 3.63) is 74.4 Å². The van der Waals surface area contributed by atoms with E-state index in [-0.39, 0.29) is 5.58 Å². The molecule has 10 heteroatoms. The largest absolute Gasteiger partial charge is 0.497 e. The molecule has 152 valence electrons. The molecule has 0 atom stereocenters. The van der Waals surface area contributed by atoms with Crippen LogP contribution < -0.4 is 10.4 Å². The number of halogens is 1. The Balaban J connectivity index is 1.91. The summed E-state index contributed by atoms with van der Waals surface area (Å²) in [5.74, 6) is 0.599. The molecule has 0 unspecified atom stereocenters. The summed E-state index contributed by atoms with van der Waals surface area (Å²) in [6.45, 7) is 0. The van der Waals surface area contributed by atoms with E-state index in [1.807, 2.05) is 0 Å². The highest BCUT2D eigenvalue weighted by atomic mass is 79.9. The van der Waals surface area contributed by atoms with Crippen LogP contribution in [-0.4, -0.2) is 29.0 Å². The van der Waals surface area contributed by atoms with E-state index in [0.717, 1.165) is 11.5 Å². The van der Waals surface area contributed by atoms with Gasteiger partial charge in [-0.25, -0.2) is 21.6 Å². The van der Waals surface area contributed by atoms with Crippen LogP contribution in [0.2, 0.25) is 0 Å². The molecule has 0 amide bonds. The highest BCUT2D eigenvalue weighted by Gasteiger charge is 2.26. The number of methoxy groups -OCH3 is 1. The molecule has 0 fully saturated rings. The molecule has 7 nitrogen and oxygen atoms in total. The van der Waals surface area contributed by atoms with Crippen molar-refractivity contribution in [3.63, 3.8) is 0 Å². The lowest BCUT2D eigenvalue weighted by Gasteiger charge is -2.04. The van der Waals surface area contributed by atoms with Gasteiger partial charge in [0.05, 0.1) is 7.11 Å². The molecule has 0 bridgehead atoms. The Morgan fingerprint density at radius 3 is 2.38 bits per heavy atom. The van der Waals surface area contributed by atoms with Crippen LogP contribution in [0.15, 0.2) is 72.5 Å². The molecule has 0 aliphatic rings. The Labute approximate surface area is 175 Å². The number of rotatable bonds is 6. The van der Waals surface area contributed by atoms with Gasteiger partial charge < -0.3 is 9.15 Å². The molecule has 0 aliphatic carbocycles. The third-order valence-electron chi connectivity index (χ3n) is 3.90. The maximum Gasteiger partial charge on any atom is 0.355 e. The van der Waals surface area contributed by atoms with Gasteiger partial charge in [-0.15, -0.1) is 0 Å². The fourth-order valence-corrected chi connectivity index (χ4v) is 6.41. The average molecular weight is 499 g/mol. The predicted molar refractivity (Wildman–Crippen MR) is 113 cm³/mol. The molecule has 0 saturated heterocycles. The van der Waals surface area contributed by atoms with Gasteiger partial charge in [-0.3, -0.25) is 0 Å². The first kappa shape index (κ1) is 21.3. The van der Waals surface area contributed by atoms with Crippen molar-refractivity contribution in [2.75, 3.05) is 12.2 Å². The Hall–Kier alpha value is -2.43. The number of hydrogen-bond acceptors (Lipinski definition) is 7. The molecular weight excluding hydrogens is 484 g/mol. The zero-order valence-electron chi connectivity index (χ0n) is 15.0. The first-order valence-corrected chi connectivity index (χ1v) is 12.3. The van der Waals surface area contributed by atoms with Crippen LogP contribution in [0.5, 0.6) is 5.75 Å². The zero-order valence-corrected chi connectivity index (χ0v) is 18.3. The molecule has 29 heavy (non-hydrogen) atoms. The Kier molecular flexibility index (Phi) is 5.97. The van der Waals surface area contributed by atoms with E-state index in [9.17, 15) is 21.6 Å². The molecule has 2 aromatic carbocycles. The van der Waals surface area contributed by atoms with Gasteiger partial charge in [0.2, 0.25) is 0 Å². The lowest BCUT2D eigenvalue weighted by molar-refractivity contribution is 0.415. The first-order chi connectivity index (χ1) is 13.6. The van der Waals surface area contributed by atoms with Gasteiger partial charge in [0, 0.05) is 15.3 Å². The fourth-order valence-electron chi connectivity index (χ4n) is 2.51. The van der Waals surface area contributed by atoms with Crippen molar-refractivity contribution >= 4 is 52.6 Å². The van der Waals surface area contributed by atoms with E-state index in [1.165, 1.54) is 19.3 Å². The zero-order chi connectivity index (χ0) is 21.2. The van der Waals surface area contributed by atoms with Gasteiger partial charge >= 0.3 is 5.63 Å². The first-order valence-electron chi connectivity index (χ1n) is 8.11. The predicted octanol–water partition coefficient (Wildman–Crippen LogP) is 3.38. The van der Waals surface area contributed by atoms with Crippen molar-refractivity contribution in [1.29, 1.82) is 0 Å². The van der Waals surface area contributed by atoms with Gasteiger partial charge in [-0.2, -0.15) is 0 Å². The van der Waals surface area contributed by atoms with Crippen LogP contribution in [-0.2, 0) is 19.7 Å². The second-order valence-corrected chi connectivity index (χ2v) is 11.2. The number of ether oxygens (including phenoxy) is 1. The Morgan fingerprint density at radius 1 is 1.03 bits per heavy atom. The van der Waals surface area contributed by atoms with E-state index >= 15 is 0 Å². The van der Waals surface area contributed by atoms with E-state index in [1.54, 1.807) is 36.4 Å². The summed E-state index contributed by atoms with van der Waals surface area (Å²) < 4.78 is 60.5. The lowest BCUT2D eigenvalue weighted by Crippen LogP contribution is -2.21. The summed E-state index contributed by atoms with van der Waals surface area (Å²) in [6.07, 6.45) is 1.27. The Bertz CT molecular complexity index is 1350. The molecule has 0 saturated carbocycles. The van der Waals surface area contributed by atoms with Crippen molar-refractivity contribution in [3.8, 4) is 5.75 Å². The second kappa shape index (κ2) is 8.13. The van der Waals surface area contributed by atoms with Crippen molar-refractivity contribution in [2.45, 2.75) is 4.90 Å². The summed E-state index contributed by atoms with van der Waals surface area (Å²) in [5, 5.41) is -0.105. The molecule has 3 aromatic rings. The standard InChI is InChI=1S/C19H15BrO7S2/c1-26-16-5-2-13(3-6-16)8-9-28(22,23)12-29(24,25)18-11-14-10-15(20)4-7-17(14)27-19(18)21/h2-11H,12H2,1H3/b9-8+. The van der Waals surface area contributed by atoms with Crippen LogP contribution >= 0.6 is 15.9 Å². The Morgan fingerprint density at radius 2 is 1.72 bits per heavy atom. The lowest BCUT2D eigenvalue weighted by atomic mass is 10.2. The number of sulfone groups is 2. The SMILES string of the molecule is COc1ccc(/C=C/S(=O)(=O)CS(=O)(=O)c2cc3cc(Br)ccc3oc2=O)cc1. The van der Waals surface area contributed by atoms with E-state index in [0.29, 0.717) is 21.2 Å². The van der Waals surface area contributed by atoms with Crippen LogP contribution in [0.3, 0.4) is 0 Å². The van der Waals surface area contributed by atoms with Gasteiger partial charge in [0.25, 0.3) is 0 Å². The van der Waals surface area contributed by atoms with Crippen LogP contribution in [0.4, 0.5) is 0 Å². The number of benzene rings is 2. The molecule has 0 spiro atoms. The van der Waals surface area contributed by atoms with Gasteiger partial charge in [0.1, 0.15) is 11.3 Å². The van der Waals surface area contributed by atoms with Crippen molar-refractivity contribution in [1.82, 2.24) is 0 Å². The third kappa shape index (κ3) is 5.14. The monoisotopic (exact) mass is 498 g/mol. The minimum absolute atomic E-state index is 0.194. The maximum atomic E-state index is 12.6. The molecule has 0 N–H and O–H groups in total. The van der Waals surface area contributed by atoms with Crippen LogP contribution in [0.1, 0.15) is 5.56 Å². The summed E-state index contributed by atoms with van der Waals surface area (Å²) in [7, 11) is -7.12. The van der Waals surface area contributed by atoms with Gasteiger partial charge in [0.15, 0.2) is 29.7 Å². The van der Waals surface area contributed by atoms with Crippen LogP contribution in [0.25, 0.3) is 17.0 Å². The molecular formula is C19H15BrO7S2. The van der Waals surface area contributed by atoms with Gasteiger partial charge in [-0.1, -0.05) is 28.1 Å². The molecule has 0 radical (unpaired) electrons. The number of fused-ring (bicyclic) bond motifs is 1. The van der Waals surface area contributed by atoms with E-state index < -0.39 is 35.3 Å². The summed E-state index contributed by atoms with van der Waals surface area (Å²) in [4.78, 5) is 11.4. The quantitative estimate of drug-likeness (QED) is 0.479. The summed E-state index contributed by atoms with van der Waals surface area (Å²) >= 11 is 3.24. The number of hydrogen-bond donors (Lipinski definition) is 0. The minimum Gasteiger partial charge on any atom is -0.497 e. The van der Waals surface area contributed by atoms with Crippen LogP contribution in [0, 0.1) is 0 Å². The summed E-state index contributed by atoms with van der Waals surface area (Å²) in [6, 6.07) is 12.3. The molecule has 0 aliphatic heterocycles.